The van der Waals surface area contributed by atoms with Crippen molar-refractivity contribution in [1.82, 2.24) is 10.2 Å². The molecule has 0 radical (unpaired) electrons. The maximum Gasteiger partial charge on any atom is 0.254 e. The summed E-state index contributed by atoms with van der Waals surface area (Å²) in [6.45, 7) is 3.54. The lowest BCUT2D eigenvalue weighted by Crippen LogP contribution is -2.37. The number of benzene rings is 1. The molecule has 2 rings (SSSR count). The van der Waals surface area contributed by atoms with Gasteiger partial charge in [0.05, 0.1) is 13.1 Å². The molecule has 1 aromatic carbocycles. The number of carbonyl (C=O) groups is 2. The molecular formula is C16H19N3O2. The number of nitrogens with two attached hydrogens (primary N) is 1. The number of hydrogen-bond acceptors (Lipinski definition) is 3. The van der Waals surface area contributed by atoms with Crippen molar-refractivity contribution in [3.63, 3.8) is 0 Å². The molecule has 0 atom stereocenters. The summed E-state index contributed by atoms with van der Waals surface area (Å²) in [6, 6.07) is 5.38. The third-order valence-corrected chi connectivity index (χ3v) is 3.35. The Bertz CT molecular complexity index is 614. The molecule has 3 N–H and O–H groups in total. The van der Waals surface area contributed by atoms with E-state index in [-0.39, 0.29) is 18.4 Å². The maximum absolute atomic E-state index is 12.5. The highest BCUT2D eigenvalue weighted by Crippen LogP contribution is 2.13. The summed E-state index contributed by atoms with van der Waals surface area (Å²) in [6.07, 6.45) is 0.774. The van der Waals surface area contributed by atoms with Crippen LogP contribution >= 0.6 is 0 Å². The lowest BCUT2D eigenvalue weighted by Gasteiger charge is -2.19. The van der Waals surface area contributed by atoms with Crippen LogP contribution in [0.1, 0.15) is 27.9 Å². The molecule has 0 aromatic heterocycles. The highest BCUT2D eigenvalue weighted by Gasteiger charge is 2.21. The van der Waals surface area contributed by atoms with Gasteiger partial charge in [0.2, 0.25) is 5.91 Å². The zero-order chi connectivity index (χ0) is 15.2. The second kappa shape index (κ2) is 6.91. The van der Waals surface area contributed by atoms with Gasteiger partial charge in [-0.05, 0) is 37.1 Å². The molecule has 1 saturated heterocycles. The van der Waals surface area contributed by atoms with Crippen LogP contribution in [0.25, 0.3) is 0 Å². The number of rotatable bonds is 1. The summed E-state index contributed by atoms with van der Waals surface area (Å²) in [5, 5.41) is 2.76. The zero-order valence-corrected chi connectivity index (χ0v) is 12.1. The minimum Gasteiger partial charge on any atom is -0.354 e. The molecule has 1 aliphatic rings. The van der Waals surface area contributed by atoms with Gasteiger partial charge in [0.1, 0.15) is 0 Å². The van der Waals surface area contributed by atoms with E-state index in [1.165, 1.54) is 0 Å². The quantitative estimate of drug-likeness (QED) is 0.727. The van der Waals surface area contributed by atoms with Crippen molar-refractivity contribution in [2.24, 2.45) is 5.73 Å². The number of aryl methyl sites for hydroxylation is 1. The van der Waals surface area contributed by atoms with Crippen LogP contribution in [0.2, 0.25) is 0 Å². The van der Waals surface area contributed by atoms with Crippen LogP contribution < -0.4 is 11.1 Å². The highest BCUT2D eigenvalue weighted by atomic mass is 16.2. The van der Waals surface area contributed by atoms with Crippen molar-refractivity contribution >= 4 is 11.8 Å². The van der Waals surface area contributed by atoms with E-state index >= 15 is 0 Å². The van der Waals surface area contributed by atoms with E-state index in [4.69, 9.17) is 5.73 Å². The lowest BCUT2D eigenvalue weighted by atomic mass is 10.0. The van der Waals surface area contributed by atoms with Gasteiger partial charge in [0.25, 0.3) is 5.91 Å². The van der Waals surface area contributed by atoms with Crippen molar-refractivity contribution < 1.29 is 9.59 Å². The monoisotopic (exact) mass is 285 g/mol. The SMILES string of the molecule is Cc1cc(C(=O)N2CCCNC(=O)C2)ccc1C#CCN. The molecule has 2 amide bonds. The van der Waals surface area contributed by atoms with Gasteiger partial charge in [-0.3, -0.25) is 9.59 Å². The average Bonchev–Trinajstić information content (AvgIpc) is 2.70. The fraction of sp³-hybridized carbons (Fsp3) is 0.375. The fourth-order valence-electron chi connectivity index (χ4n) is 2.25. The standard InChI is InChI=1S/C16H19N3O2/c1-12-10-14(6-5-13(12)4-2-7-17)16(21)19-9-3-8-18-15(20)11-19/h5-6,10H,3,7-9,11,17H2,1H3,(H,18,20). The molecule has 0 aliphatic carbocycles. The van der Waals surface area contributed by atoms with Crippen LogP contribution in [0.5, 0.6) is 0 Å². The first-order valence-electron chi connectivity index (χ1n) is 6.97. The predicted octanol–water partition coefficient (Wildman–Crippen LogP) is 0.267. The van der Waals surface area contributed by atoms with E-state index in [1.807, 2.05) is 19.1 Å². The molecule has 21 heavy (non-hydrogen) atoms. The molecule has 5 nitrogen and oxygen atoms in total. The molecule has 0 unspecified atom stereocenters. The molecule has 1 aliphatic heterocycles. The number of carbonyl (C=O) groups excluding carboxylic acids is 2. The second-order valence-electron chi connectivity index (χ2n) is 4.97. The van der Waals surface area contributed by atoms with Gasteiger partial charge >= 0.3 is 0 Å². The maximum atomic E-state index is 12.5. The number of hydrogen-bond donors (Lipinski definition) is 2. The van der Waals surface area contributed by atoms with Gasteiger partial charge in [0, 0.05) is 24.2 Å². The Balaban J connectivity index is 2.19. The van der Waals surface area contributed by atoms with Gasteiger partial charge in [-0.15, -0.1) is 0 Å². The molecule has 1 fully saturated rings. The van der Waals surface area contributed by atoms with Gasteiger partial charge in [-0.2, -0.15) is 0 Å². The van der Waals surface area contributed by atoms with Crippen molar-refractivity contribution in [1.29, 1.82) is 0 Å². The van der Waals surface area contributed by atoms with Crippen LogP contribution in [0, 0.1) is 18.8 Å². The second-order valence-corrected chi connectivity index (χ2v) is 4.97. The largest absolute Gasteiger partial charge is 0.354 e. The van der Waals surface area contributed by atoms with E-state index in [0.29, 0.717) is 25.2 Å². The van der Waals surface area contributed by atoms with Gasteiger partial charge in [-0.25, -0.2) is 0 Å². The molecule has 5 heteroatoms. The van der Waals surface area contributed by atoms with Crippen LogP contribution in [-0.2, 0) is 4.79 Å². The van der Waals surface area contributed by atoms with Crippen LogP contribution in [-0.4, -0.2) is 42.9 Å². The summed E-state index contributed by atoms with van der Waals surface area (Å²) in [5.41, 5.74) is 7.74. The molecule has 1 aromatic rings. The van der Waals surface area contributed by atoms with Crippen molar-refractivity contribution in [3.05, 3.63) is 34.9 Å². The minimum atomic E-state index is -0.117. The van der Waals surface area contributed by atoms with E-state index < -0.39 is 0 Å². The Morgan fingerprint density at radius 1 is 1.48 bits per heavy atom. The van der Waals surface area contributed by atoms with E-state index in [9.17, 15) is 9.59 Å². The van der Waals surface area contributed by atoms with Crippen molar-refractivity contribution in [2.45, 2.75) is 13.3 Å². The minimum absolute atomic E-state index is 0.108. The van der Waals surface area contributed by atoms with E-state index in [1.54, 1.807) is 11.0 Å². The van der Waals surface area contributed by atoms with Crippen LogP contribution in [0.15, 0.2) is 18.2 Å². The molecule has 1 heterocycles. The van der Waals surface area contributed by atoms with E-state index in [0.717, 1.165) is 17.5 Å². The Morgan fingerprint density at radius 2 is 2.29 bits per heavy atom. The average molecular weight is 285 g/mol. The molecule has 0 bridgehead atoms. The molecule has 110 valence electrons. The summed E-state index contributed by atoms with van der Waals surface area (Å²) in [5.74, 6) is 5.55. The van der Waals surface area contributed by atoms with Crippen molar-refractivity contribution in [3.8, 4) is 11.8 Å². The summed E-state index contributed by atoms with van der Waals surface area (Å²) in [7, 11) is 0. The van der Waals surface area contributed by atoms with Gasteiger partial charge < -0.3 is 16.0 Å². The first-order valence-corrected chi connectivity index (χ1v) is 6.97. The first kappa shape index (κ1) is 15.1. The summed E-state index contributed by atoms with van der Waals surface area (Å²) in [4.78, 5) is 25.6. The lowest BCUT2D eigenvalue weighted by molar-refractivity contribution is -0.121. The number of nitrogens with zero attached hydrogens (tertiary/aromatic N) is 1. The Hall–Kier alpha value is -2.32. The predicted molar refractivity (Wildman–Crippen MR) is 80.6 cm³/mol. The van der Waals surface area contributed by atoms with E-state index in [2.05, 4.69) is 17.2 Å². The fourth-order valence-corrected chi connectivity index (χ4v) is 2.25. The Kier molecular flexibility index (Phi) is 4.96. The van der Waals surface area contributed by atoms with Crippen molar-refractivity contribution in [2.75, 3.05) is 26.2 Å². The number of amides is 2. The highest BCUT2D eigenvalue weighted by molar-refractivity contribution is 5.97. The van der Waals surface area contributed by atoms with Crippen LogP contribution in [0.4, 0.5) is 0 Å². The smallest absolute Gasteiger partial charge is 0.254 e. The summed E-state index contributed by atoms with van der Waals surface area (Å²) >= 11 is 0. The molecule has 0 spiro atoms. The topological polar surface area (TPSA) is 75.4 Å². The Labute approximate surface area is 124 Å². The zero-order valence-electron chi connectivity index (χ0n) is 12.1. The third-order valence-electron chi connectivity index (χ3n) is 3.35. The number of nitrogens with one attached hydrogen (secondary N) is 1. The molecular weight excluding hydrogens is 266 g/mol. The van der Waals surface area contributed by atoms with Crippen LogP contribution in [0.3, 0.4) is 0 Å². The first-order chi connectivity index (χ1) is 10.1. The van der Waals surface area contributed by atoms with Gasteiger partial charge in [-0.1, -0.05) is 11.8 Å². The normalized spacial score (nSPS) is 14.8. The summed E-state index contributed by atoms with van der Waals surface area (Å²) < 4.78 is 0. The molecule has 0 saturated carbocycles. The Morgan fingerprint density at radius 3 is 3.00 bits per heavy atom. The van der Waals surface area contributed by atoms with Gasteiger partial charge in [0.15, 0.2) is 0 Å². The third kappa shape index (κ3) is 3.83.